The zero-order valence-electron chi connectivity index (χ0n) is 26.3. The summed E-state index contributed by atoms with van der Waals surface area (Å²) in [5.74, 6) is 0. The smallest absolute Gasteiger partial charge is 0.143 e. The van der Waals surface area contributed by atoms with Crippen molar-refractivity contribution in [3.05, 3.63) is 188 Å². The molecule has 0 amide bonds. The summed E-state index contributed by atoms with van der Waals surface area (Å²) in [6.07, 6.45) is 0. The van der Waals surface area contributed by atoms with Crippen molar-refractivity contribution in [2.24, 2.45) is 0 Å². The topological polar surface area (TPSA) is 16.4 Å². The lowest BCUT2D eigenvalue weighted by molar-refractivity contribution is 0.670. The standard InChI is InChI=1S/C46H31NO/c1-3-11-32(12-4-1)33-21-23-34(24-22-33)36-15-9-18-41(29-36)47(39-16-5-2-6-17-39)40-27-25-35(26-28-40)42-19-10-20-43-44-30-37-13-7-8-14-38(37)31-45(44)48-46(42)43/h1-31H. The summed E-state index contributed by atoms with van der Waals surface area (Å²) in [4.78, 5) is 2.32. The van der Waals surface area contributed by atoms with Crippen molar-refractivity contribution in [3.8, 4) is 33.4 Å². The minimum Gasteiger partial charge on any atom is -0.455 e. The van der Waals surface area contributed by atoms with E-state index in [0.717, 1.165) is 50.1 Å². The Bertz CT molecular complexity index is 2530. The van der Waals surface area contributed by atoms with Gasteiger partial charge in [0.15, 0.2) is 0 Å². The van der Waals surface area contributed by atoms with E-state index < -0.39 is 0 Å². The molecule has 0 unspecified atom stereocenters. The van der Waals surface area contributed by atoms with Crippen molar-refractivity contribution < 1.29 is 4.42 Å². The molecule has 0 saturated carbocycles. The minimum atomic E-state index is 0.914. The van der Waals surface area contributed by atoms with Gasteiger partial charge in [0.05, 0.1) is 0 Å². The fourth-order valence-corrected chi connectivity index (χ4v) is 6.84. The van der Waals surface area contributed by atoms with Crippen LogP contribution in [0.4, 0.5) is 17.1 Å². The van der Waals surface area contributed by atoms with Gasteiger partial charge < -0.3 is 9.32 Å². The van der Waals surface area contributed by atoms with E-state index in [1.165, 1.54) is 33.0 Å². The van der Waals surface area contributed by atoms with Gasteiger partial charge in [-0.25, -0.2) is 0 Å². The number of anilines is 3. The quantitative estimate of drug-likeness (QED) is 0.185. The maximum atomic E-state index is 6.54. The van der Waals surface area contributed by atoms with Gasteiger partial charge in [-0.15, -0.1) is 0 Å². The molecule has 0 atom stereocenters. The van der Waals surface area contributed by atoms with Crippen LogP contribution in [0.5, 0.6) is 0 Å². The van der Waals surface area contributed by atoms with E-state index in [0.29, 0.717) is 0 Å². The molecule has 0 aliphatic heterocycles. The highest BCUT2D eigenvalue weighted by atomic mass is 16.3. The van der Waals surface area contributed by atoms with Gasteiger partial charge in [-0.1, -0.05) is 140 Å². The predicted molar refractivity (Wildman–Crippen MR) is 202 cm³/mol. The highest BCUT2D eigenvalue weighted by Gasteiger charge is 2.16. The molecule has 0 aliphatic rings. The molecule has 0 N–H and O–H groups in total. The van der Waals surface area contributed by atoms with E-state index in [-0.39, 0.29) is 0 Å². The molecule has 0 spiro atoms. The largest absolute Gasteiger partial charge is 0.455 e. The van der Waals surface area contributed by atoms with E-state index >= 15 is 0 Å². The molecule has 0 fully saturated rings. The molecule has 2 heteroatoms. The van der Waals surface area contributed by atoms with Crippen LogP contribution in [0.15, 0.2) is 192 Å². The minimum absolute atomic E-state index is 0.914. The average molecular weight is 614 g/mol. The Morgan fingerprint density at radius 2 is 0.875 bits per heavy atom. The molecule has 1 heterocycles. The van der Waals surface area contributed by atoms with Crippen LogP contribution in [0.25, 0.3) is 66.1 Å². The second-order valence-electron chi connectivity index (χ2n) is 12.2. The molecular weight excluding hydrogens is 583 g/mol. The molecule has 0 saturated heterocycles. The number of para-hydroxylation sites is 2. The van der Waals surface area contributed by atoms with Crippen LogP contribution in [0.1, 0.15) is 0 Å². The van der Waals surface area contributed by atoms with Crippen LogP contribution in [-0.2, 0) is 0 Å². The number of fused-ring (bicyclic) bond motifs is 4. The fourth-order valence-electron chi connectivity index (χ4n) is 6.84. The van der Waals surface area contributed by atoms with Crippen molar-refractivity contribution in [1.82, 2.24) is 0 Å². The van der Waals surface area contributed by atoms with Crippen LogP contribution in [0.2, 0.25) is 0 Å². The van der Waals surface area contributed by atoms with E-state index in [2.05, 4.69) is 193 Å². The van der Waals surface area contributed by atoms with Gasteiger partial charge in [0.25, 0.3) is 0 Å². The number of rotatable bonds is 6. The monoisotopic (exact) mass is 613 g/mol. The first-order valence-electron chi connectivity index (χ1n) is 16.3. The number of furan rings is 1. The molecule has 1 aromatic heterocycles. The lowest BCUT2D eigenvalue weighted by Crippen LogP contribution is -2.09. The molecule has 0 radical (unpaired) electrons. The fraction of sp³-hybridized carbons (Fsp3) is 0. The van der Waals surface area contributed by atoms with E-state index in [1.54, 1.807) is 0 Å². The molecule has 9 rings (SSSR count). The van der Waals surface area contributed by atoms with Gasteiger partial charge in [-0.2, -0.15) is 0 Å². The van der Waals surface area contributed by atoms with Crippen molar-refractivity contribution >= 4 is 49.8 Å². The van der Waals surface area contributed by atoms with Crippen LogP contribution in [0, 0.1) is 0 Å². The zero-order chi connectivity index (χ0) is 31.9. The highest BCUT2D eigenvalue weighted by Crippen LogP contribution is 2.40. The first-order chi connectivity index (χ1) is 23.8. The van der Waals surface area contributed by atoms with Crippen molar-refractivity contribution in [3.63, 3.8) is 0 Å². The van der Waals surface area contributed by atoms with E-state index in [9.17, 15) is 0 Å². The molecular formula is C46H31NO. The van der Waals surface area contributed by atoms with Gasteiger partial charge in [-0.3, -0.25) is 0 Å². The SMILES string of the molecule is c1ccc(-c2ccc(-c3cccc(N(c4ccccc4)c4ccc(-c5cccc6c5oc5cc7ccccc7cc56)cc4)c3)cc2)cc1. The van der Waals surface area contributed by atoms with E-state index in [4.69, 9.17) is 4.42 Å². The normalized spacial score (nSPS) is 11.3. The van der Waals surface area contributed by atoms with Gasteiger partial charge in [0.1, 0.15) is 11.2 Å². The van der Waals surface area contributed by atoms with Crippen LogP contribution < -0.4 is 4.90 Å². The molecule has 2 nitrogen and oxygen atoms in total. The molecule has 0 bridgehead atoms. The van der Waals surface area contributed by atoms with Crippen LogP contribution in [0.3, 0.4) is 0 Å². The van der Waals surface area contributed by atoms with Gasteiger partial charge >= 0.3 is 0 Å². The third kappa shape index (κ3) is 5.01. The Morgan fingerprint density at radius 3 is 1.62 bits per heavy atom. The van der Waals surface area contributed by atoms with E-state index in [1.807, 2.05) is 0 Å². The summed E-state index contributed by atoms with van der Waals surface area (Å²) in [5.41, 5.74) is 12.1. The number of hydrogen-bond donors (Lipinski definition) is 0. The predicted octanol–water partition coefficient (Wildman–Crippen LogP) is 13.2. The van der Waals surface area contributed by atoms with Gasteiger partial charge in [-0.05, 0) is 87.1 Å². The second kappa shape index (κ2) is 11.8. The number of hydrogen-bond acceptors (Lipinski definition) is 2. The van der Waals surface area contributed by atoms with Gasteiger partial charge in [0, 0.05) is 33.4 Å². The Labute approximate surface area is 279 Å². The maximum Gasteiger partial charge on any atom is 0.143 e. The third-order valence-corrected chi connectivity index (χ3v) is 9.25. The Morgan fingerprint density at radius 1 is 0.333 bits per heavy atom. The lowest BCUT2D eigenvalue weighted by atomic mass is 9.99. The summed E-state index contributed by atoms with van der Waals surface area (Å²) in [6.45, 7) is 0. The highest BCUT2D eigenvalue weighted by molar-refractivity contribution is 6.13. The molecule has 0 aliphatic carbocycles. The first kappa shape index (κ1) is 27.9. The number of nitrogens with zero attached hydrogens (tertiary/aromatic N) is 1. The Balaban J connectivity index is 1.09. The van der Waals surface area contributed by atoms with Crippen molar-refractivity contribution in [2.75, 3.05) is 4.90 Å². The molecule has 48 heavy (non-hydrogen) atoms. The summed E-state index contributed by atoms with van der Waals surface area (Å²) in [7, 11) is 0. The summed E-state index contributed by atoms with van der Waals surface area (Å²) in [5, 5.41) is 4.69. The maximum absolute atomic E-state index is 6.54. The van der Waals surface area contributed by atoms with Gasteiger partial charge in [0.2, 0.25) is 0 Å². The van der Waals surface area contributed by atoms with Crippen LogP contribution in [-0.4, -0.2) is 0 Å². The summed E-state index contributed by atoms with van der Waals surface area (Å²) >= 11 is 0. The molecule has 226 valence electrons. The zero-order valence-corrected chi connectivity index (χ0v) is 26.3. The second-order valence-corrected chi connectivity index (χ2v) is 12.2. The first-order valence-corrected chi connectivity index (χ1v) is 16.3. The van der Waals surface area contributed by atoms with Crippen LogP contribution >= 0.6 is 0 Å². The van der Waals surface area contributed by atoms with Crippen molar-refractivity contribution in [2.45, 2.75) is 0 Å². The Hall–Kier alpha value is -6.38. The summed E-state index contributed by atoms with van der Waals surface area (Å²) in [6, 6.07) is 66.8. The molecule has 9 aromatic rings. The van der Waals surface area contributed by atoms with Crippen molar-refractivity contribution in [1.29, 1.82) is 0 Å². The Kier molecular flexibility index (Phi) is 6.84. The average Bonchev–Trinajstić information content (AvgIpc) is 3.53. The summed E-state index contributed by atoms with van der Waals surface area (Å²) < 4.78 is 6.54. The number of benzene rings is 8. The lowest BCUT2D eigenvalue weighted by Gasteiger charge is -2.26. The third-order valence-electron chi connectivity index (χ3n) is 9.25. The molecule has 8 aromatic carbocycles.